The van der Waals surface area contributed by atoms with Gasteiger partial charge in [-0.15, -0.1) is 0 Å². The monoisotopic (exact) mass is 211 g/mol. The Hall–Kier alpha value is -0.870. The smallest absolute Gasteiger partial charge is 0.139 e. The fourth-order valence-electron chi connectivity index (χ4n) is 1.56. The van der Waals surface area contributed by atoms with E-state index in [4.69, 9.17) is 8.92 Å². The molecule has 1 aliphatic rings. The highest BCUT2D eigenvalue weighted by molar-refractivity contribution is 7.75. The van der Waals surface area contributed by atoms with Crippen molar-refractivity contribution in [2.45, 2.75) is 0 Å². The van der Waals surface area contributed by atoms with E-state index in [-0.39, 0.29) is 0 Å². The van der Waals surface area contributed by atoms with Gasteiger partial charge in [0, 0.05) is 37.8 Å². The van der Waals surface area contributed by atoms with Gasteiger partial charge in [-0.25, -0.2) is 0 Å². The lowest BCUT2D eigenvalue weighted by Crippen LogP contribution is -2.36. The summed E-state index contributed by atoms with van der Waals surface area (Å²) in [4.78, 5) is 2.28. The zero-order valence-corrected chi connectivity index (χ0v) is 8.74. The number of benzene rings is 1. The molecule has 0 unspecified atom stereocenters. The van der Waals surface area contributed by atoms with Crippen LogP contribution in [0, 0.1) is 0 Å². The number of nitrogens with zero attached hydrogens (tertiary/aromatic N) is 1. The number of ether oxygens (including phenoxy) is 1. The molecule has 0 radical (unpaired) electrons. The van der Waals surface area contributed by atoms with E-state index in [0.717, 1.165) is 32.1 Å². The summed E-state index contributed by atoms with van der Waals surface area (Å²) in [5, 5.41) is 0. The predicted octanol–water partition coefficient (Wildman–Crippen LogP) is 1.75. The Morgan fingerprint density at radius 2 is 2.07 bits per heavy atom. The van der Waals surface area contributed by atoms with Crippen LogP contribution in [0.5, 0.6) is 5.75 Å². The summed E-state index contributed by atoms with van der Waals surface area (Å²) >= 11 is 3.78. The maximum absolute atomic E-state index is 5.29. The Kier molecular flexibility index (Phi) is 3.16. The van der Waals surface area contributed by atoms with Crippen LogP contribution in [0.15, 0.2) is 24.3 Å². The Bertz CT molecular complexity index is 300. The number of morpholine rings is 1. The first kappa shape index (κ1) is 9.68. The highest BCUT2D eigenvalue weighted by Gasteiger charge is 2.11. The third-order valence-electron chi connectivity index (χ3n) is 2.30. The van der Waals surface area contributed by atoms with Crippen LogP contribution in [0.25, 0.3) is 0 Å². The molecule has 1 aromatic rings. The molecule has 2 rings (SSSR count). The van der Waals surface area contributed by atoms with Crippen molar-refractivity contribution in [2.24, 2.45) is 0 Å². The fourth-order valence-corrected chi connectivity index (χ4v) is 1.67. The SMILES string of the molecule is SOc1cccc(N2CCOCC2)c1. The highest BCUT2D eigenvalue weighted by Crippen LogP contribution is 2.22. The summed E-state index contributed by atoms with van der Waals surface area (Å²) in [7, 11) is 0. The second-order valence-electron chi connectivity index (χ2n) is 3.19. The second kappa shape index (κ2) is 4.57. The minimum absolute atomic E-state index is 0.775. The fraction of sp³-hybridized carbons (Fsp3) is 0.400. The Balaban J connectivity index is 2.13. The number of hydrogen-bond donors (Lipinski definition) is 1. The lowest BCUT2D eigenvalue weighted by Gasteiger charge is -2.28. The molecule has 0 atom stereocenters. The van der Waals surface area contributed by atoms with Crippen LogP contribution in [0.4, 0.5) is 5.69 Å². The van der Waals surface area contributed by atoms with Gasteiger partial charge < -0.3 is 13.8 Å². The number of anilines is 1. The van der Waals surface area contributed by atoms with Gasteiger partial charge >= 0.3 is 0 Å². The summed E-state index contributed by atoms with van der Waals surface area (Å²) in [6.45, 7) is 3.48. The Morgan fingerprint density at radius 3 is 2.79 bits per heavy atom. The molecular formula is C10H13NO2S. The van der Waals surface area contributed by atoms with Crippen LogP contribution in [-0.4, -0.2) is 26.3 Å². The molecule has 0 aromatic heterocycles. The van der Waals surface area contributed by atoms with Gasteiger partial charge in [0.05, 0.1) is 13.2 Å². The van der Waals surface area contributed by atoms with Gasteiger partial charge in [-0.2, -0.15) is 0 Å². The van der Waals surface area contributed by atoms with Gasteiger partial charge in [0.15, 0.2) is 0 Å². The lowest BCUT2D eigenvalue weighted by molar-refractivity contribution is 0.122. The van der Waals surface area contributed by atoms with E-state index in [0.29, 0.717) is 0 Å². The van der Waals surface area contributed by atoms with E-state index in [2.05, 4.69) is 23.9 Å². The van der Waals surface area contributed by atoms with Crippen LogP contribution in [0.1, 0.15) is 0 Å². The van der Waals surface area contributed by atoms with Crippen LogP contribution in [0.2, 0.25) is 0 Å². The normalized spacial score (nSPS) is 16.8. The molecule has 0 aliphatic carbocycles. The zero-order chi connectivity index (χ0) is 9.80. The summed E-state index contributed by atoms with van der Waals surface area (Å²) in [6.07, 6.45) is 0. The zero-order valence-electron chi connectivity index (χ0n) is 7.85. The maximum atomic E-state index is 5.29. The molecule has 1 fully saturated rings. The van der Waals surface area contributed by atoms with Crippen LogP contribution in [-0.2, 0) is 4.74 Å². The van der Waals surface area contributed by atoms with E-state index in [1.54, 1.807) is 0 Å². The maximum Gasteiger partial charge on any atom is 0.139 e. The summed E-state index contributed by atoms with van der Waals surface area (Å²) in [5.41, 5.74) is 1.17. The molecule has 14 heavy (non-hydrogen) atoms. The topological polar surface area (TPSA) is 21.7 Å². The molecular weight excluding hydrogens is 198 g/mol. The average molecular weight is 211 g/mol. The molecule has 1 aromatic carbocycles. The lowest BCUT2D eigenvalue weighted by atomic mass is 10.2. The van der Waals surface area contributed by atoms with Gasteiger partial charge in [-0.1, -0.05) is 6.07 Å². The van der Waals surface area contributed by atoms with Gasteiger partial charge in [-0.05, 0) is 12.1 Å². The van der Waals surface area contributed by atoms with E-state index >= 15 is 0 Å². The van der Waals surface area contributed by atoms with Crippen molar-refractivity contribution >= 4 is 18.6 Å². The molecule has 4 heteroatoms. The molecule has 1 heterocycles. The quantitative estimate of drug-likeness (QED) is 0.595. The van der Waals surface area contributed by atoms with Crippen molar-refractivity contribution in [1.29, 1.82) is 0 Å². The molecule has 1 aliphatic heterocycles. The van der Waals surface area contributed by atoms with Crippen molar-refractivity contribution in [3.8, 4) is 5.75 Å². The molecule has 1 saturated heterocycles. The third-order valence-corrected chi connectivity index (χ3v) is 2.51. The van der Waals surface area contributed by atoms with E-state index in [9.17, 15) is 0 Å². The first-order valence-corrected chi connectivity index (χ1v) is 5.01. The minimum Gasteiger partial charge on any atom is -0.429 e. The van der Waals surface area contributed by atoms with Gasteiger partial charge in [0.1, 0.15) is 5.75 Å². The predicted molar refractivity (Wildman–Crippen MR) is 59.1 cm³/mol. The second-order valence-corrected chi connectivity index (χ2v) is 3.37. The summed E-state index contributed by atoms with van der Waals surface area (Å²) in [6, 6.07) is 7.91. The molecule has 76 valence electrons. The first-order valence-electron chi connectivity index (χ1n) is 4.64. The van der Waals surface area contributed by atoms with Crippen LogP contribution >= 0.6 is 12.9 Å². The van der Waals surface area contributed by atoms with Crippen molar-refractivity contribution < 1.29 is 8.92 Å². The summed E-state index contributed by atoms with van der Waals surface area (Å²) < 4.78 is 10.2. The number of hydrogen-bond acceptors (Lipinski definition) is 4. The van der Waals surface area contributed by atoms with Gasteiger partial charge in [0.2, 0.25) is 0 Å². The van der Waals surface area contributed by atoms with Crippen molar-refractivity contribution in [3.05, 3.63) is 24.3 Å². The molecule has 0 N–H and O–H groups in total. The number of thiol groups is 1. The van der Waals surface area contributed by atoms with Crippen molar-refractivity contribution in [2.75, 3.05) is 31.2 Å². The third kappa shape index (κ3) is 2.13. The highest BCUT2D eigenvalue weighted by atomic mass is 32.1. The molecule has 0 saturated carbocycles. The Labute approximate surface area is 89.2 Å². The molecule has 0 spiro atoms. The van der Waals surface area contributed by atoms with Crippen LogP contribution in [0.3, 0.4) is 0 Å². The molecule has 0 bridgehead atoms. The largest absolute Gasteiger partial charge is 0.429 e. The van der Waals surface area contributed by atoms with E-state index in [1.165, 1.54) is 5.69 Å². The minimum atomic E-state index is 0.775. The average Bonchev–Trinajstić information content (AvgIpc) is 2.30. The van der Waals surface area contributed by atoms with E-state index < -0.39 is 0 Å². The van der Waals surface area contributed by atoms with E-state index in [1.807, 2.05) is 18.2 Å². The van der Waals surface area contributed by atoms with Crippen molar-refractivity contribution in [1.82, 2.24) is 0 Å². The molecule has 0 amide bonds. The first-order chi connectivity index (χ1) is 6.90. The molecule has 3 nitrogen and oxygen atoms in total. The Morgan fingerprint density at radius 1 is 1.29 bits per heavy atom. The van der Waals surface area contributed by atoms with Crippen molar-refractivity contribution in [3.63, 3.8) is 0 Å². The van der Waals surface area contributed by atoms with Gasteiger partial charge in [-0.3, -0.25) is 0 Å². The summed E-state index contributed by atoms with van der Waals surface area (Å²) in [5.74, 6) is 0.775. The van der Waals surface area contributed by atoms with Crippen LogP contribution < -0.4 is 9.08 Å². The van der Waals surface area contributed by atoms with Gasteiger partial charge in [0.25, 0.3) is 0 Å². The standard InChI is InChI=1S/C10H13NO2S/c14-13-10-3-1-2-9(8-10)11-4-6-12-7-5-11/h1-3,8,14H,4-7H2. The number of rotatable bonds is 2.